The van der Waals surface area contributed by atoms with Gasteiger partial charge in [0, 0.05) is 27.9 Å². The number of halogens is 1. The highest BCUT2D eigenvalue weighted by molar-refractivity contribution is 6.31. The average Bonchev–Trinajstić information content (AvgIpc) is 2.26. The molecule has 17 heavy (non-hydrogen) atoms. The van der Waals surface area contributed by atoms with Crippen LogP contribution in [0, 0.1) is 0 Å². The van der Waals surface area contributed by atoms with Crippen LogP contribution in [0.4, 0.5) is 0 Å². The third-order valence-corrected chi connectivity index (χ3v) is 2.89. The van der Waals surface area contributed by atoms with Gasteiger partial charge in [0.25, 0.3) is 0 Å². The standard InChI is InChI=1S/C13H8ClNO2/c14-8-2-1-7-3-10-12(15-11(7)4-8)5-9(16)6-13(10)17/h1-6,16-17H. The maximum Gasteiger partial charge on any atom is 0.128 e. The summed E-state index contributed by atoms with van der Waals surface area (Å²) in [6, 6.07) is 9.99. The van der Waals surface area contributed by atoms with Gasteiger partial charge in [-0.3, -0.25) is 0 Å². The van der Waals surface area contributed by atoms with Gasteiger partial charge in [-0.2, -0.15) is 0 Å². The lowest BCUT2D eigenvalue weighted by atomic mass is 10.1. The van der Waals surface area contributed by atoms with Crippen LogP contribution in [0.25, 0.3) is 21.8 Å². The van der Waals surface area contributed by atoms with Crippen molar-refractivity contribution in [3.05, 3.63) is 41.4 Å². The molecule has 3 aromatic rings. The summed E-state index contributed by atoms with van der Waals surface area (Å²) in [7, 11) is 0. The molecule has 4 heteroatoms. The second-order valence-electron chi connectivity index (χ2n) is 3.86. The van der Waals surface area contributed by atoms with E-state index in [1.165, 1.54) is 12.1 Å². The summed E-state index contributed by atoms with van der Waals surface area (Å²) in [6.07, 6.45) is 0. The van der Waals surface area contributed by atoms with E-state index in [4.69, 9.17) is 11.6 Å². The van der Waals surface area contributed by atoms with Gasteiger partial charge in [-0.15, -0.1) is 0 Å². The second-order valence-corrected chi connectivity index (χ2v) is 4.29. The summed E-state index contributed by atoms with van der Waals surface area (Å²) in [5.41, 5.74) is 1.27. The van der Waals surface area contributed by atoms with Crippen molar-refractivity contribution in [2.24, 2.45) is 0 Å². The number of phenolic OH excluding ortho intramolecular Hbond substituents is 2. The predicted molar refractivity (Wildman–Crippen MR) is 67.6 cm³/mol. The second kappa shape index (κ2) is 3.50. The Morgan fingerprint density at radius 1 is 0.941 bits per heavy atom. The molecule has 0 unspecified atom stereocenters. The summed E-state index contributed by atoms with van der Waals surface area (Å²) in [5, 5.41) is 21.3. The molecule has 0 aliphatic rings. The molecular formula is C13H8ClNO2. The number of benzene rings is 2. The Hall–Kier alpha value is -2.00. The molecule has 3 nitrogen and oxygen atoms in total. The zero-order valence-corrected chi connectivity index (χ0v) is 9.44. The fraction of sp³-hybridized carbons (Fsp3) is 0. The van der Waals surface area contributed by atoms with Crippen molar-refractivity contribution in [3.63, 3.8) is 0 Å². The van der Waals surface area contributed by atoms with Crippen molar-refractivity contribution in [1.82, 2.24) is 4.98 Å². The number of aromatic nitrogens is 1. The van der Waals surface area contributed by atoms with Gasteiger partial charge in [-0.25, -0.2) is 4.98 Å². The minimum atomic E-state index is -0.0103. The van der Waals surface area contributed by atoms with E-state index in [9.17, 15) is 10.2 Å². The van der Waals surface area contributed by atoms with E-state index in [1.54, 1.807) is 12.1 Å². The lowest BCUT2D eigenvalue weighted by Crippen LogP contribution is -1.83. The van der Waals surface area contributed by atoms with E-state index >= 15 is 0 Å². The summed E-state index contributed by atoms with van der Waals surface area (Å²) >= 11 is 5.89. The molecule has 0 fully saturated rings. The first-order valence-electron chi connectivity index (χ1n) is 5.05. The van der Waals surface area contributed by atoms with Crippen LogP contribution in [-0.2, 0) is 0 Å². The monoisotopic (exact) mass is 245 g/mol. The van der Waals surface area contributed by atoms with Gasteiger partial charge >= 0.3 is 0 Å². The molecule has 0 saturated heterocycles. The molecule has 1 aromatic heterocycles. The van der Waals surface area contributed by atoms with Crippen LogP contribution in [0.3, 0.4) is 0 Å². The molecule has 2 aromatic carbocycles. The highest BCUT2D eigenvalue weighted by atomic mass is 35.5. The Bertz CT molecular complexity index is 740. The zero-order chi connectivity index (χ0) is 12.0. The fourth-order valence-electron chi connectivity index (χ4n) is 1.87. The van der Waals surface area contributed by atoms with Gasteiger partial charge in [0.2, 0.25) is 0 Å². The molecule has 1 heterocycles. The average molecular weight is 246 g/mol. The van der Waals surface area contributed by atoms with Crippen LogP contribution >= 0.6 is 11.6 Å². The molecule has 3 rings (SSSR count). The minimum Gasteiger partial charge on any atom is -0.508 e. The maximum atomic E-state index is 9.74. The Morgan fingerprint density at radius 2 is 1.76 bits per heavy atom. The number of hydrogen-bond donors (Lipinski definition) is 2. The Kier molecular flexibility index (Phi) is 2.09. The summed E-state index contributed by atoms with van der Waals surface area (Å²) in [6.45, 7) is 0. The Labute approximate surface area is 102 Å². The SMILES string of the molecule is Oc1cc(O)c2cc3ccc(Cl)cc3nc2c1. The van der Waals surface area contributed by atoms with Crippen LogP contribution in [0.1, 0.15) is 0 Å². The Morgan fingerprint density at radius 3 is 2.59 bits per heavy atom. The van der Waals surface area contributed by atoms with Crippen molar-refractivity contribution in [3.8, 4) is 11.5 Å². The molecular weight excluding hydrogens is 238 g/mol. The van der Waals surface area contributed by atoms with Crippen molar-refractivity contribution in [1.29, 1.82) is 0 Å². The van der Waals surface area contributed by atoms with Gasteiger partial charge in [0.05, 0.1) is 11.0 Å². The van der Waals surface area contributed by atoms with Gasteiger partial charge < -0.3 is 10.2 Å². The first-order valence-corrected chi connectivity index (χ1v) is 5.43. The Balaban J connectivity index is 2.47. The molecule has 0 radical (unpaired) electrons. The number of nitrogens with zero attached hydrogens (tertiary/aromatic N) is 1. The van der Waals surface area contributed by atoms with Gasteiger partial charge in [0.1, 0.15) is 11.5 Å². The van der Waals surface area contributed by atoms with Crippen LogP contribution in [-0.4, -0.2) is 15.2 Å². The van der Waals surface area contributed by atoms with Gasteiger partial charge in [-0.1, -0.05) is 17.7 Å². The van der Waals surface area contributed by atoms with E-state index in [1.807, 2.05) is 12.1 Å². The number of aromatic hydroxyl groups is 2. The summed E-state index contributed by atoms with van der Waals surface area (Å²) < 4.78 is 0. The number of hydrogen-bond acceptors (Lipinski definition) is 3. The van der Waals surface area contributed by atoms with E-state index in [2.05, 4.69) is 4.98 Å². The molecule has 0 bridgehead atoms. The smallest absolute Gasteiger partial charge is 0.128 e. The van der Waals surface area contributed by atoms with E-state index in [-0.39, 0.29) is 11.5 Å². The lowest BCUT2D eigenvalue weighted by Gasteiger charge is -2.04. The normalized spacial score (nSPS) is 11.1. The van der Waals surface area contributed by atoms with Gasteiger partial charge in [0.15, 0.2) is 0 Å². The molecule has 0 aliphatic heterocycles. The molecule has 0 saturated carbocycles. The highest BCUT2D eigenvalue weighted by Crippen LogP contribution is 2.31. The van der Waals surface area contributed by atoms with Crippen LogP contribution in [0.2, 0.25) is 5.02 Å². The number of rotatable bonds is 0. The van der Waals surface area contributed by atoms with E-state index in [0.717, 1.165) is 10.9 Å². The van der Waals surface area contributed by atoms with Crippen molar-refractivity contribution >= 4 is 33.4 Å². The summed E-state index contributed by atoms with van der Waals surface area (Å²) in [4.78, 5) is 4.36. The molecule has 0 atom stereocenters. The molecule has 0 spiro atoms. The minimum absolute atomic E-state index is 0.0103. The van der Waals surface area contributed by atoms with Crippen molar-refractivity contribution in [2.45, 2.75) is 0 Å². The van der Waals surface area contributed by atoms with Crippen molar-refractivity contribution in [2.75, 3.05) is 0 Å². The number of phenols is 2. The zero-order valence-electron chi connectivity index (χ0n) is 8.68. The molecule has 84 valence electrons. The molecule has 0 aliphatic carbocycles. The third-order valence-electron chi connectivity index (χ3n) is 2.65. The lowest BCUT2D eigenvalue weighted by molar-refractivity contribution is 0.455. The number of fused-ring (bicyclic) bond motifs is 2. The van der Waals surface area contributed by atoms with Gasteiger partial charge in [-0.05, 0) is 18.2 Å². The third kappa shape index (κ3) is 1.65. The molecule has 2 N–H and O–H groups in total. The highest BCUT2D eigenvalue weighted by Gasteiger charge is 2.06. The first kappa shape index (κ1) is 10.2. The van der Waals surface area contributed by atoms with Crippen LogP contribution in [0.15, 0.2) is 36.4 Å². The predicted octanol–water partition coefficient (Wildman–Crippen LogP) is 3.45. The first-order chi connectivity index (χ1) is 8.13. The van der Waals surface area contributed by atoms with Crippen LogP contribution in [0.5, 0.6) is 11.5 Å². The molecule has 0 amide bonds. The maximum absolute atomic E-state index is 9.74. The quantitative estimate of drug-likeness (QED) is 0.597. The van der Waals surface area contributed by atoms with E-state index < -0.39 is 0 Å². The summed E-state index contributed by atoms with van der Waals surface area (Å²) in [5.74, 6) is 0.00762. The number of pyridine rings is 1. The fourth-order valence-corrected chi connectivity index (χ4v) is 2.04. The largest absolute Gasteiger partial charge is 0.508 e. The topological polar surface area (TPSA) is 53.4 Å². The van der Waals surface area contributed by atoms with E-state index in [0.29, 0.717) is 15.9 Å². The van der Waals surface area contributed by atoms with Crippen LogP contribution < -0.4 is 0 Å². The van der Waals surface area contributed by atoms with Crippen molar-refractivity contribution < 1.29 is 10.2 Å².